The Morgan fingerprint density at radius 3 is 2.57 bits per heavy atom. The Morgan fingerprint density at radius 2 is 1.86 bits per heavy atom. The molecule has 1 aromatic heterocycles. The molecule has 3 aromatic rings. The van der Waals surface area contributed by atoms with E-state index in [1.54, 1.807) is 24.4 Å². The molecule has 10 heteroatoms. The quantitative estimate of drug-likeness (QED) is 0.632. The molecular weight excluding hydrogens is 384 g/mol. The Kier molecular flexibility index (Phi) is 4.27. The summed E-state index contributed by atoms with van der Waals surface area (Å²) in [7, 11) is -2.71. The first kappa shape index (κ1) is 18.0. The summed E-state index contributed by atoms with van der Waals surface area (Å²) in [6.07, 6.45) is 1.84. The van der Waals surface area contributed by atoms with Crippen LogP contribution in [0.3, 0.4) is 0 Å². The van der Waals surface area contributed by atoms with Gasteiger partial charge in [-0.1, -0.05) is 0 Å². The third kappa shape index (κ3) is 3.07. The standard InChI is InChI=1S/C18H16N4O5S/c1-27-15-5-4-13(22-17(23)6-7-18(22)24)9-16(15)28(25,26)21-12-3-2-11-10-19-20-14(11)8-12/h2-5,8-10,21H,6-7H2,1H3,(H,19,20). The molecule has 28 heavy (non-hydrogen) atoms. The van der Waals surface area contributed by atoms with E-state index in [0.717, 1.165) is 10.3 Å². The Bertz CT molecular complexity index is 1190. The molecule has 2 N–H and O–H groups in total. The maximum absolute atomic E-state index is 13.0. The number of imide groups is 1. The molecule has 0 saturated carbocycles. The number of aromatic nitrogens is 2. The van der Waals surface area contributed by atoms with Crippen LogP contribution in [-0.2, 0) is 19.6 Å². The van der Waals surface area contributed by atoms with Crippen LogP contribution in [0.4, 0.5) is 11.4 Å². The van der Waals surface area contributed by atoms with Crippen molar-refractivity contribution in [1.82, 2.24) is 10.2 Å². The first-order valence-electron chi connectivity index (χ1n) is 8.39. The lowest BCUT2D eigenvalue weighted by atomic mass is 10.2. The number of carbonyl (C=O) groups is 2. The number of ether oxygens (including phenoxy) is 1. The third-order valence-corrected chi connectivity index (χ3v) is 5.84. The molecule has 0 unspecified atom stereocenters. The number of nitrogens with one attached hydrogen (secondary N) is 2. The van der Waals surface area contributed by atoms with Crippen LogP contribution in [0.5, 0.6) is 5.75 Å². The van der Waals surface area contributed by atoms with Gasteiger partial charge < -0.3 is 4.74 Å². The van der Waals surface area contributed by atoms with Crippen LogP contribution in [0.2, 0.25) is 0 Å². The van der Waals surface area contributed by atoms with E-state index in [1.165, 1.54) is 25.3 Å². The normalized spacial score (nSPS) is 14.7. The van der Waals surface area contributed by atoms with Crippen LogP contribution in [0.15, 0.2) is 47.5 Å². The van der Waals surface area contributed by atoms with Crippen LogP contribution < -0.4 is 14.4 Å². The van der Waals surface area contributed by atoms with Gasteiger partial charge in [-0.2, -0.15) is 5.10 Å². The maximum Gasteiger partial charge on any atom is 0.265 e. The monoisotopic (exact) mass is 400 g/mol. The van der Waals surface area contributed by atoms with Crippen molar-refractivity contribution in [3.63, 3.8) is 0 Å². The number of methoxy groups -OCH3 is 1. The molecule has 4 rings (SSSR count). The molecule has 0 bridgehead atoms. The second kappa shape index (κ2) is 6.64. The number of amides is 2. The highest BCUT2D eigenvalue weighted by atomic mass is 32.2. The number of hydrogen-bond acceptors (Lipinski definition) is 6. The van der Waals surface area contributed by atoms with Crippen molar-refractivity contribution in [3.8, 4) is 5.75 Å². The van der Waals surface area contributed by atoms with Crippen LogP contribution in [0, 0.1) is 0 Å². The summed E-state index contributed by atoms with van der Waals surface area (Å²) in [4.78, 5) is 24.8. The first-order chi connectivity index (χ1) is 13.4. The van der Waals surface area contributed by atoms with Crippen molar-refractivity contribution in [3.05, 3.63) is 42.6 Å². The molecule has 1 aliphatic rings. The minimum absolute atomic E-state index is 0.0953. The van der Waals surface area contributed by atoms with Crippen molar-refractivity contribution < 1.29 is 22.7 Å². The van der Waals surface area contributed by atoms with Crippen molar-refractivity contribution in [1.29, 1.82) is 0 Å². The summed E-state index contributed by atoms with van der Waals surface area (Å²) in [5.41, 5.74) is 1.20. The Balaban J connectivity index is 1.73. The van der Waals surface area contributed by atoms with Crippen molar-refractivity contribution in [2.45, 2.75) is 17.7 Å². The summed E-state index contributed by atoms with van der Waals surface area (Å²) in [5.74, 6) is -0.634. The van der Waals surface area contributed by atoms with Crippen LogP contribution in [-0.4, -0.2) is 37.5 Å². The van der Waals surface area contributed by atoms with Crippen molar-refractivity contribution in [2.24, 2.45) is 0 Å². The minimum Gasteiger partial charge on any atom is -0.495 e. The van der Waals surface area contributed by atoms with E-state index >= 15 is 0 Å². The molecule has 1 saturated heterocycles. The fourth-order valence-electron chi connectivity index (χ4n) is 3.09. The molecule has 144 valence electrons. The number of sulfonamides is 1. The highest BCUT2D eigenvalue weighted by molar-refractivity contribution is 7.92. The van der Waals surface area contributed by atoms with Crippen molar-refractivity contribution in [2.75, 3.05) is 16.7 Å². The number of carbonyl (C=O) groups excluding carboxylic acids is 2. The number of fused-ring (bicyclic) bond motifs is 1. The lowest BCUT2D eigenvalue weighted by molar-refractivity contribution is -0.121. The first-order valence-corrected chi connectivity index (χ1v) is 9.87. The summed E-state index contributed by atoms with van der Waals surface area (Å²) in [6.45, 7) is 0. The van der Waals surface area contributed by atoms with Gasteiger partial charge in [0.25, 0.3) is 10.0 Å². The molecule has 2 amide bonds. The predicted octanol–water partition coefficient (Wildman–Crippen LogP) is 2.03. The highest BCUT2D eigenvalue weighted by Gasteiger charge is 2.32. The molecule has 1 fully saturated rings. The number of anilines is 2. The Morgan fingerprint density at radius 1 is 1.11 bits per heavy atom. The van der Waals surface area contributed by atoms with E-state index in [0.29, 0.717) is 11.2 Å². The zero-order valence-corrected chi connectivity index (χ0v) is 15.6. The fourth-order valence-corrected chi connectivity index (χ4v) is 4.33. The van der Waals surface area contributed by atoms with Crippen molar-refractivity contribution >= 4 is 44.1 Å². The second-order valence-corrected chi connectivity index (χ2v) is 7.89. The average molecular weight is 400 g/mol. The molecule has 2 heterocycles. The van der Waals surface area contributed by atoms with E-state index in [1.807, 2.05) is 0 Å². The van der Waals surface area contributed by atoms with Gasteiger partial charge in [-0.15, -0.1) is 0 Å². The van der Waals surface area contributed by atoms with E-state index < -0.39 is 10.0 Å². The summed E-state index contributed by atoms with van der Waals surface area (Å²) < 4.78 is 33.6. The lowest BCUT2D eigenvalue weighted by Crippen LogP contribution is -2.28. The van der Waals surface area contributed by atoms with E-state index in [2.05, 4.69) is 14.9 Å². The maximum atomic E-state index is 13.0. The SMILES string of the molecule is COc1ccc(N2C(=O)CCC2=O)cc1S(=O)(=O)Nc1ccc2cn[nH]c2c1. The minimum atomic E-state index is -4.05. The van der Waals surface area contributed by atoms with Gasteiger partial charge in [0, 0.05) is 18.2 Å². The Hall–Kier alpha value is -3.40. The Labute approximate surface area is 160 Å². The highest BCUT2D eigenvalue weighted by Crippen LogP contribution is 2.32. The van der Waals surface area contributed by atoms with Crippen LogP contribution in [0.1, 0.15) is 12.8 Å². The van der Waals surface area contributed by atoms with Gasteiger partial charge in [0.1, 0.15) is 10.6 Å². The second-order valence-electron chi connectivity index (χ2n) is 6.24. The average Bonchev–Trinajstić information content (AvgIpc) is 3.26. The fraction of sp³-hybridized carbons (Fsp3) is 0.167. The van der Waals surface area contributed by atoms with Gasteiger partial charge in [0.2, 0.25) is 11.8 Å². The third-order valence-electron chi connectivity index (χ3n) is 4.44. The van der Waals surface area contributed by atoms with E-state index in [4.69, 9.17) is 4.74 Å². The summed E-state index contributed by atoms with van der Waals surface area (Å²) >= 11 is 0. The number of aromatic amines is 1. The number of H-pyrrole nitrogens is 1. The topological polar surface area (TPSA) is 121 Å². The molecular formula is C18H16N4O5S. The van der Waals surface area contributed by atoms with Gasteiger partial charge in [0.05, 0.1) is 30.2 Å². The predicted molar refractivity (Wildman–Crippen MR) is 102 cm³/mol. The molecule has 0 spiro atoms. The number of hydrogen-bond donors (Lipinski definition) is 2. The smallest absolute Gasteiger partial charge is 0.265 e. The summed E-state index contributed by atoms with van der Waals surface area (Å²) in [5, 5.41) is 7.52. The van der Waals surface area contributed by atoms with Crippen LogP contribution >= 0.6 is 0 Å². The molecule has 9 nitrogen and oxygen atoms in total. The van der Waals surface area contributed by atoms with Gasteiger partial charge >= 0.3 is 0 Å². The molecule has 2 aromatic carbocycles. The molecule has 0 atom stereocenters. The van der Waals surface area contributed by atoms with Gasteiger partial charge in [-0.05, 0) is 36.4 Å². The van der Waals surface area contributed by atoms with Gasteiger partial charge in [0.15, 0.2) is 0 Å². The number of benzene rings is 2. The molecule has 1 aliphatic heterocycles. The zero-order valence-electron chi connectivity index (χ0n) is 14.8. The molecule has 0 radical (unpaired) electrons. The molecule has 0 aliphatic carbocycles. The van der Waals surface area contributed by atoms with Gasteiger partial charge in [-0.25, -0.2) is 8.42 Å². The lowest BCUT2D eigenvalue weighted by Gasteiger charge is -2.17. The van der Waals surface area contributed by atoms with E-state index in [9.17, 15) is 18.0 Å². The van der Waals surface area contributed by atoms with Crippen LogP contribution in [0.25, 0.3) is 10.9 Å². The zero-order chi connectivity index (χ0) is 19.9. The van der Waals surface area contributed by atoms with E-state index in [-0.39, 0.29) is 41.0 Å². The summed E-state index contributed by atoms with van der Waals surface area (Å²) in [6, 6.07) is 9.11. The number of rotatable bonds is 5. The largest absolute Gasteiger partial charge is 0.495 e. The van der Waals surface area contributed by atoms with Gasteiger partial charge in [-0.3, -0.25) is 24.3 Å². The number of nitrogens with zero attached hydrogens (tertiary/aromatic N) is 2.